The minimum atomic E-state index is -2.93. The van der Waals surface area contributed by atoms with E-state index in [2.05, 4.69) is 9.97 Å². The Bertz CT molecular complexity index is 936. The van der Waals surface area contributed by atoms with Crippen LogP contribution in [0.3, 0.4) is 0 Å². The zero-order valence-corrected chi connectivity index (χ0v) is 16.4. The first-order valence-electron chi connectivity index (χ1n) is 9.10. The minimum absolute atomic E-state index is 0.0169. The lowest BCUT2D eigenvalue weighted by Gasteiger charge is -2.17. The van der Waals surface area contributed by atoms with Crippen LogP contribution in [-0.4, -0.2) is 40.9 Å². The first kappa shape index (κ1) is 23.2. The number of anilines is 1. The highest BCUT2D eigenvalue weighted by Gasteiger charge is 2.22. The van der Waals surface area contributed by atoms with Crippen LogP contribution in [0.5, 0.6) is 0 Å². The molecular weight excluding hydrogens is 407 g/mol. The Labute approximate surface area is 170 Å². The van der Waals surface area contributed by atoms with Gasteiger partial charge in [0.1, 0.15) is 12.0 Å². The van der Waals surface area contributed by atoms with Crippen LogP contribution in [0.15, 0.2) is 18.5 Å². The van der Waals surface area contributed by atoms with Crippen LogP contribution in [0.25, 0.3) is 17.5 Å². The molecule has 0 aliphatic heterocycles. The summed E-state index contributed by atoms with van der Waals surface area (Å²) in [5.74, 6) is -3.85. The summed E-state index contributed by atoms with van der Waals surface area (Å²) in [7, 11) is 1.59. The number of carbonyl (C=O) groups excluding carboxylic acids is 1. The average molecular weight is 428 g/mol. The fourth-order valence-electron chi connectivity index (χ4n) is 2.77. The van der Waals surface area contributed by atoms with Crippen molar-refractivity contribution in [2.24, 2.45) is 0 Å². The third-order valence-corrected chi connectivity index (χ3v) is 4.31. The number of alkyl halides is 3. The molecule has 0 amide bonds. The van der Waals surface area contributed by atoms with E-state index in [-0.39, 0.29) is 18.4 Å². The Kier molecular flexibility index (Phi) is 7.85. The Balaban J connectivity index is 2.45. The van der Waals surface area contributed by atoms with Gasteiger partial charge in [-0.05, 0) is 30.3 Å². The number of aromatic nitrogens is 2. The molecule has 10 heteroatoms. The number of benzene rings is 1. The van der Waals surface area contributed by atoms with Crippen LogP contribution in [0.2, 0.25) is 0 Å². The van der Waals surface area contributed by atoms with Gasteiger partial charge < -0.3 is 10.6 Å². The van der Waals surface area contributed by atoms with Crippen LogP contribution in [0, 0.1) is 11.6 Å². The number of hydrogen-bond donors (Lipinski definition) is 1. The lowest BCUT2D eigenvalue weighted by atomic mass is 10.0. The predicted octanol–water partition coefficient (Wildman–Crippen LogP) is 4.79. The number of rotatable bonds is 9. The van der Waals surface area contributed by atoms with Crippen molar-refractivity contribution in [3.63, 3.8) is 0 Å². The highest BCUT2D eigenvalue weighted by molar-refractivity contribution is 5.84. The number of nitrogens with zero attached hydrogens (tertiary/aromatic N) is 3. The van der Waals surface area contributed by atoms with Gasteiger partial charge in [0.2, 0.25) is 0 Å². The lowest BCUT2D eigenvalue weighted by molar-refractivity contribution is 0.111. The third-order valence-electron chi connectivity index (χ3n) is 4.31. The molecule has 0 fully saturated rings. The third kappa shape index (κ3) is 5.31. The fraction of sp³-hybridized carbons (Fsp3) is 0.350. The first-order valence-corrected chi connectivity index (χ1v) is 9.10. The normalized spacial score (nSPS) is 12.5. The Morgan fingerprint density at radius 1 is 1.23 bits per heavy atom. The van der Waals surface area contributed by atoms with Crippen molar-refractivity contribution in [1.29, 1.82) is 0 Å². The second-order valence-electron chi connectivity index (χ2n) is 6.65. The summed E-state index contributed by atoms with van der Waals surface area (Å²) in [6.45, 7) is 1.93. The molecule has 2 aromatic rings. The molecule has 0 radical (unpaired) electrons. The molecule has 1 aromatic heterocycles. The summed E-state index contributed by atoms with van der Waals surface area (Å²) in [6, 6.07) is 1.10. The highest BCUT2D eigenvalue weighted by Crippen LogP contribution is 2.30. The van der Waals surface area contributed by atoms with Crippen molar-refractivity contribution in [1.82, 2.24) is 14.9 Å². The van der Waals surface area contributed by atoms with Crippen LogP contribution in [0.4, 0.5) is 27.8 Å². The Morgan fingerprint density at radius 2 is 1.93 bits per heavy atom. The van der Waals surface area contributed by atoms with Crippen molar-refractivity contribution in [3.05, 3.63) is 46.8 Å². The SMILES string of the molecule is CCCC(F)CN(C)/C=C\c1cc(-c2ncc(C(F)F)c(N)n2)c(F)c(F)c1C=O. The molecule has 1 heterocycles. The zero-order chi connectivity index (χ0) is 22.4. The van der Waals surface area contributed by atoms with E-state index in [0.29, 0.717) is 12.8 Å². The topological polar surface area (TPSA) is 72.1 Å². The molecule has 0 saturated carbocycles. The summed E-state index contributed by atoms with van der Waals surface area (Å²) >= 11 is 0. The van der Waals surface area contributed by atoms with E-state index in [1.807, 2.05) is 6.92 Å². The number of carbonyl (C=O) groups is 1. The van der Waals surface area contributed by atoms with Crippen LogP contribution in [-0.2, 0) is 0 Å². The van der Waals surface area contributed by atoms with Crippen molar-refractivity contribution in [3.8, 4) is 11.4 Å². The molecule has 1 aromatic carbocycles. The Hall–Kier alpha value is -3.04. The van der Waals surface area contributed by atoms with Gasteiger partial charge in [0.25, 0.3) is 6.43 Å². The standard InChI is InChI=1S/C20H21F5N4O/c1-3-4-12(21)9-29(2)6-5-11-7-13(16(22)17(23)15(11)10-30)20-27-8-14(18(24)25)19(26)28-20/h5-8,10,12,18H,3-4,9H2,1-2H3,(H2,26,27,28)/b6-5-. The fourth-order valence-corrected chi connectivity index (χ4v) is 2.77. The maximum atomic E-state index is 14.5. The molecule has 0 aliphatic rings. The molecule has 162 valence electrons. The molecule has 2 N–H and O–H groups in total. The van der Waals surface area contributed by atoms with Gasteiger partial charge in [-0.25, -0.2) is 31.9 Å². The van der Waals surface area contributed by atoms with Crippen LogP contribution < -0.4 is 5.73 Å². The van der Waals surface area contributed by atoms with Gasteiger partial charge in [-0.2, -0.15) is 0 Å². The number of hydrogen-bond acceptors (Lipinski definition) is 5. The first-order chi connectivity index (χ1) is 14.2. The smallest absolute Gasteiger partial charge is 0.268 e. The number of halogens is 5. The van der Waals surface area contributed by atoms with E-state index in [4.69, 9.17) is 5.73 Å². The highest BCUT2D eigenvalue weighted by atomic mass is 19.3. The summed E-state index contributed by atoms with van der Waals surface area (Å²) < 4.78 is 68.3. The maximum Gasteiger partial charge on any atom is 0.268 e. The average Bonchev–Trinajstić information content (AvgIpc) is 2.68. The predicted molar refractivity (Wildman–Crippen MR) is 104 cm³/mol. The number of nitrogens with two attached hydrogens (primary N) is 1. The van der Waals surface area contributed by atoms with E-state index in [1.165, 1.54) is 17.2 Å². The minimum Gasteiger partial charge on any atom is -0.383 e. The van der Waals surface area contributed by atoms with E-state index in [9.17, 15) is 26.7 Å². The van der Waals surface area contributed by atoms with Gasteiger partial charge in [0.05, 0.1) is 16.7 Å². The second-order valence-corrected chi connectivity index (χ2v) is 6.65. The molecule has 0 aliphatic carbocycles. The quantitative estimate of drug-likeness (QED) is 0.459. The molecule has 0 spiro atoms. The van der Waals surface area contributed by atoms with Gasteiger partial charge in [-0.1, -0.05) is 13.3 Å². The molecule has 5 nitrogen and oxygen atoms in total. The summed E-state index contributed by atoms with van der Waals surface area (Å²) in [5, 5.41) is 0. The van der Waals surface area contributed by atoms with E-state index in [1.54, 1.807) is 7.05 Å². The van der Waals surface area contributed by atoms with Gasteiger partial charge in [-0.3, -0.25) is 4.79 Å². The molecule has 2 rings (SSSR count). The molecule has 0 bridgehead atoms. The van der Waals surface area contributed by atoms with E-state index < -0.39 is 52.6 Å². The monoisotopic (exact) mass is 428 g/mol. The Morgan fingerprint density at radius 3 is 2.50 bits per heavy atom. The zero-order valence-electron chi connectivity index (χ0n) is 16.4. The van der Waals surface area contributed by atoms with Crippen molar-refractivity contribution in [2.75, 3.05) is 19.3 Å². The molecule has 1 atom stereocenters. The van der Waals surface area contributed by atoms with Crippen molar-refractivity contribution in [2.45, 2.75) is 32.4 Å². The van der Waals surface area contributed by atoms with Gasteiger partial charge in [0, 0.05) is 19.8 Å². The number of aldehydes is 1. The van der Waals surface area contributed by atoms with Gasteiger partial charge in [-0.15, -0.1) is 0 Å². The van der Waals surface area contributed by atoms with Gasteiger partial charge >= 0.3 is 0 Å². The summed E-state index contributed by atoms with van der Waals surface area (Å²) in [6.07, 6.45) is 0.651. The molecular formula is C20H21F5N4O. The number of nitrogen functional groups attached to an aromatic ring is 1. The lowest BCUT2D eigenvalue weighted by Crippen LogP contribution is -2.21. The molecule has 0 saturated heterocycles. The van der Waals surface area contributed by atoms with Crippen LogP contribution in [0.1, 0.15) is 47.7 Å². The van der Waals surface area contributed by atoms with Crippen molar-refractivity contribution >= 4 is 18.2 Å². The van der Waals surface area contributed by atoms with Gasteiger partial charge in [0.15, 0.2) is 23.7 Å². The molecule has 30 heavy (non-hydrogen) atoms. The maximum absolute atomic E-state index is 14.5. The second kappa shape index (κ2) is 10.1. The largest absolute Gasteiger partial charge is 0.383 e. The van der Waals surface area contributed by atoms with Crippen molar-refractivity contribution < 1.29 is 26.7 Å². The van der Waals surface area contributed by atoms with E-state index >= 15 is 0 Å². The van der Waals surface area contributed by atoms with Crippen LogP contribution >= 0.6 is 0 Å². The summed E-state index contributed by atoms with van der Waals surface area (Å²) in [4.78, 5) is 20.0. The van der Waals surface area contributed by atoms with E-state index in [0.717, 1.165) is 12.3 Å². The molecule has 1 unspecified atom stereocenters. The summed E-state index contributed by atoms with van der Waals surface area (Å²) in [5.41, 5.74) is 3.79.